The van der Waals surface area contributed by atoms with Gasteiger partial charge < -0.3 is 21.1 Å². The molecule has 230 valence electrons. The van der Waals surface area contributed by atoms with Crippen molar-refractivity contribution in [3.8, 4) is 6.07 Å². The summed E-state index contributed by atoms with van der Waals surface area (Å²) >= 11 is 0. The number of aliphatic hydroxyl groups excluding tert-OH is 1. The van der Waals surface area contributed by atoms with Gasteiger partial charge in [-0.2, -0.15) is 10.2 Å². The van der Waals surface area contributed by atoms with Gasteiger partial charge in [-0.15, -0.1) is 0 Å². The van der Waals surface area contributed by atoms with Crippen LogP contribution in [0.2, 0.25) is 0 Å². The van der Waals surface area contributed by atoms with E-state index in [-0.39, 0.29) is 0 Å². The standard InChI is InChI=1S/C35H49N7O/c1-23-5-2-3-6-25(23)19-37-34-38-20-28(18-36)33(41-34)39-22-35-15-24-13-26(16-35)32(27(14-24)17-35)40-29-8-10-30(11-9-29)42-12-4-7-31(42)21-43/h2-3,5-6,20,24,26-27,29-32,40,43H,4,7-17,19,21-22H2,1H3,(H2,37,38,39,41)/t24?,26-,27+,29?,30?,31-,32-,35-/m0/s1. The third-order valence-electron chi connectivity index (χ3n) is 11.9. The lowest BCUT2D eigenvalue weighted by Crippen LogP contribution is -2.61. The molecule has 1 aliphatic heterocycles. The predicted molar refractivity (Wildman–Crippen MR) is 170 cm³/mol. The molecular formula is C35H49N7O. The fraction of sp³-hybridized carbons (Fsp3) is 0.686. The smallest absolute Gasteiger partial charge is 0.224 e. The van der Waals surface area contributed by atoms with E-state index < -0.39 is 0 Å². The highest BCUT2D eigenvalue weighted by atomic mass is 16.3. The molecule has 0 amide bonds. The number of nitrogens with zero attached hydrogens (tertiary/aromatic N) is 4. The molecule has 1 unspecified atom stereocenters. The zero-order chi connectivity index (χ0) is 29.4. The van der Waals surface area contributed by atoms with Crippen molar-refractivity contribution in [1.29, 1.82) is 5.26 Å². The summed E-state index contributed by atoms with van der Waals surface area (Å²) in [5.74, 6) is 3.58. The van der Waals surface area contributed by atoms with Gasteiger partial charge in [-0.3, -0.25) is 4.90 Å². The molecule has 1 aromatic heterocycles. The maximum Gasteiger partial charge on any atom is 0.224 e. The Kier molecular flexibility index (Phi) is 8.32. The average Bonchev–Trinajstić information content (AvgIpc) is 3.51. The van der Waals surface area contributed by atoms with Crippen molar-refractivity contribution in [2.75, 3.05) is 30.3 Å². The summed E-state index contributed by atoms with van der Waals surface area (Å²) in [6, 6.07) is 13.0. The molecule has 4 bridgehead atoms. The molecule has 2 aromatic rings. The van der Waals surface area contributed by atoms with Crippen LogP contribution in [0.25, 0.3) is 0 Å². The largest absolute Gasteiger partial charge is 0.395 e. The quantitative estimate of drug-likeness (QED) is 0.301. The first-order valence-corrected chi connectivity index (χ1v) is 16.9. The number of aryl methyl sites for hydroxylation is 1. The van der Waals surface area contributed by atoms with E-state index in [4.69, 9.17) is 4.98 Å². The number of anilines is 2. The molecule has 0 spiro atoms. The molecule has 5 aliphatic carbocycles. The van der Waals surface area contributed by atoms with Crippen molar-refractivity contribution in [2.24, 2.45) is 23.2 Å². The second-order valence-electron chi connectivity index (χ2n) is 14.6. The number of hydrogen-bond acceptors (Lipinski definition) is 8. The summed E-state index contributed by atoms with van der Waals surface area (Å²) in [7, 11) is 0. The van der Waals surface area contributed by atoms with Crippen LogP contribution < -0.4 is 16.0 Å². The minimum atomic E-state index is 0.299. The normalized spacial score (nSPS) is 35.1. The SMILES string of the molecule is Cc1ccccc1CNc1ncc(C#N)c(NC[C@]23CC4C[C@H](C2)[C@@H](NC2CCC(N5CCC[C@H]5CO)CC2)[C@@H](C4)C3)n1. The summed E-state index contributed by atoms with van der Waals surface area (Å²) in [6.07, 6.45) is 15.8. The average molecular weight is 584 g/mol. The Morgan fingerprint density at radius 3 is 2.58 bits per heavy atom. The number of aliphatic hydroxyl groups is 1. The summed E-state index contributed by atoms with van der Waals surface area (Å²) in [4.78, 5) is 11.8. The van der Waals surface area contributed by atoms with Gasteiger partial charge in [0.15, 0.2) is 0 Å². The van der Waals surface area contributed by atoms with Crippen molar-refractivity contribution in [3.05, 3.63) is 47.2 Å². The molecular weight excluding hydrogens is 534 g/mol. The van der Waals surface area contributed by atoms with Crippen LogP contribution >= 0.6 is 0 Å². The second kappa shape index (κ2) is 12.3. The monoisotopic (exact) mass is 583 g/mol. The molecule has 0 radical (unpaired) electrons. The molecule has 4 N–H and O–H groups in total. The van der Waals surface area contributed by atoms with Crippen molar-refractivity contribution < 1.29 is 5.11 Å². The molecule has 43 heavy (non-hydrogen) atoms. The Balaban J connectivity index is 0.955. The minimum Gasteiger partial charge on any atom is -0.395 e. The Hall–Kier alpha value is -2.73. The topological polar surface area (TPSA) is 109 Å². The maximum absolute atomic E-state index is 9.80. The van der Waals surface area contributed by atoms with Crippen molar-refractivity contribution in [2.45, 2.75) is 108 Å². The number of benzene rings is 1. The van der Waals surface area contributed by atoms with Crippen LogP contribution in [0.15, 0.2) is 30.5 Å². The third-order valence-corrected chi connectivity index (χ3v) is 11.9. The zero-order valence-electron chi connectivity index (χ0n) is 25.8. The fourth-order valence-corrected chi connectivity index (χ4v) is 10.00. The molecule has 8 rings (SSSR count). The van der Waals surface area contributed by atoms with Crippen LogP contribution in [0.3, 0.4) is 0 Å². The highest BCUT2D eigenvalue weighted by molar-refractivity contribution is 5.53. The summed E-state index contributed by atoms with van der Waals surface area (Å²) in [5.41, 5.74) is 3.27. The van der Waals surface area contributed by atoms with Gasteiger partial charge in [0.25, 0.3) is 0 Å². The molecule has 2 heterocycles. The number of nitriles is 1. The number of rotatable bonds is 10. The summed E-state index contributed by atoms with van der Waals surface area (Å²) in [5, 5.41) is 30.8. The molecule has 6 aliphatic rings. The molecule has 1 saturated heterocycles. The molecule has 6 fully saturated rings. The summed E-state index contributed by atoms with van der Waals surface area (Å²) in [6.45, 7) is 5.16. The van der Waals surface area contributed by atoms with E-state index in [9.17, 15) is 10.4 Å². The van der Waals surface area contributed by atoms with Crippen LogP contribution in [0.4, 0.5) is 11.8 Å². The van der Waals surface area contributed by atoms with E-state index in [0.29, 0.717) is 60.1 Å². The van der Waals surface area contributed by atoms with Crippen molar-refractivity contribution >= 4 is 11.8 Å². The lowest BCUT2D eigenvalue weighted by Gasteiger charge is -2.61. The van der Waals surface area contributed by atoms with Gasteiger partial charge in [0.1, 0.15) is 17.5 Å². The first kappa shape index (κ1) is 29.0. The first-order chi connectivity index (χ1) is 21.0. The highest BCUT2D eigenvalue weighted by Crippen LogP contribution is 2.60. The Morgan fingerprint density at radius 2 is 1.84 bits per heavy atom. The lowest BCUT2D eigenvalue weighted by molar-refractivity contribution is -0.0735. The predicted octanol–water partition coefficient (Wildman–Crippen LogP) is 5.23. The molecule has 1 aromatic carbocycles. The Bertz CT molecular complexity index is 1300. The number of hydrogen-bond donors (Lipinski definition) is 4. The number of nitrogens with one attached hydrogen (secondary N) is 3. The van der Waals surface area contributed by atoms with E-state index >= 15 is 0 Å². The van der Waals surface area contributed by atoms with Gasteiger partial charge in [0, 0.05) is 37.3 Å². The van der Waals surface area contributed by atoms with Gasteiger partial charge in [-0.25, -0.2) is 4.98 Å². The van der Waals surface area contributed by atoms with Crippen LogP contribution in [0.5, 0.6) is 0 Å². The summed E-state index contributed by atoms with van der Waals surface area (Å²) < 4.78 is 0. The van der Waals surface area contributed by atoms with Crippen LogP contribution in [0, 0.1) is 41.4 Å². The minimum absolute atomic E-state index is 0.299. The Morgan fingerprint density at radius 1 is 1.05 bits per heavy atom. The van der Waals surface area contributed by atoms with Gasteiger partial charge >= 0.3 is 0 Å². The second-order valence-corrected chi connectivity index (χ2v) is 14.6. The van der Waals surface area contributed by atoms with Gasteiger partial charge in [-0.1, -0.05) is 24.3 Å². The fourth-order valence-electron chi connectivity index (χ4n) is 10.00. The van der Waals surface area contributed by atoms with Gasteiger partial charge in [0.05, 0.1) is 12.8 Å². The lowest BCUT2D eigenvalue weighted by atomic mass is 9.47. The number of likely N-dealkylation sites (tertiary alicyclic amines) is 1. The maximum atomic E-state index is 9.80. The number of aromatic nitrogens is 2. The Labute approximate surface area is 257 Å². The van der Waals surface area contributed by atoms with Gasteiger partial charge in [0.2, 0.25) is 5.95 Å². The first-order valence-electron chi connectivity index (χ1n) is 16.9. The highest BCUT2D eigenvalue weighted by Gasteiger charge is 2.55. The van der Waals surface area contributed by atoms with Crippen LogP contribution in [-0.4, -0.2) is 63.8 Å². The van der Waals surface area contributed by atoms with E-state index in [1.807, 2.05) is 0 Å². The van der Waals surface area contributed by atoms with Gasteiger partial charge in [-0.05, 0) is 118 Å². The molecule has 8 nitrogen and oxygen atoms in total. The van der Waals surface area contributed by atoms with E-state index in [0.717, 1.165) is 24.3 Å². The van der Waals surface area contributed by atoms with Crippen molar-refractivity contribution in [1.82, 2.24) is 20.2 Å². The van der Waals surface area contributed by atoms with Crippen molar-refractivity contribution in [3.63, 3.8) is 0 Å². The molecule has 8 heteroatoms. The molecule has 6 atom stereocenters. The van der Waals surface area contributed by atoms with E-state index in [1.54, 1.807) is 6.20 Å². The zero-order valence-corrected chi connectivity index (χ0v) is 25.8. The van der Waals surface area contributed by atoms with Crippen LogP contribution in [0.1, 0.15) is 87.3 Å². The van der Waals surface area contributed by atoms with E-state index in [2.05, 4.69) is 63.1 Å². The van der Waals surface area contributed by atoms with Crippen LogP contribution in [-0.2, 0) is 6.54 Å². The molecule has 5 saturated carbocycles. The third kappa shape index (κ3) is 6.01. The van der Waals surface area contributed by atoms with E-state index in [1.165, 1.54) is 88.3 Å².